The summed E-state index contributed by atoms with van der Waals surface area (Å²) in [5.41, 5.74) is 2.29. The number of aryl methyl sites for hydroxylation is 1. The molecule has 8 nitrogen and oxygen atoms in total. The summed E-state index contributed by atoms with van der Waals surface area (Å²) in [6.45, 7) is 1.82. The van der Waals surface area contributed by atoms with Crippen LogP contribution in [0.3, 0.4) is 0 Å². The minimum atomic E-state index is -3.03. The molecule has 0 aliphatic carbocycles. The zero-order chi connectivity index (χ0) is 18.3. The first-order valence-corrected chi connectivity index (χ1v) is 10.2. The van der Waals surface area contributed by atoms with Gasteiger partial charge in [-0.3, -0.25) is 9.89 Å². The third kappa shape index (κ3) is 3.22. The van der Waals surface area contributed by atoms with Crippen LogP contribution in [0.1, 0.15) is 23.9 Å². The Bertz CT molecular complexity index is 1080. The van der Waals surface area contributed by atoms with Crippen LogP contribution < -0.4 is 5.32 Å². The maximum absolute atomic E-state index is 12.5. The summed E-state index contributed by atoms with van der Waals surface area (Å²) >= 11 is 0. The highest BCUT2D eigenvalue weighted by Gasteiger charge is 2.31. The molecule has 3 heterocycles. The number of benzene rings is 1. The van der Waals surface area contributed by atoms with Crippen LogP contribution in [0.5, 0.6) is 0 Å². The molecule has 9 heteroatoms. The Labute approximate surface area is 150 Å². The topological polar surface area (TPSA) is 110 Å². The van der Waals surface area contributed by atoms with Crippen LogP contribution in [0.25, 0.3) is 10.9 Å². The molecule has 1 atom stereocenters. The summed E-state index contributed by atoms with van der Waals surface area (Å²) in [6.07, 6.45) is 0.658. The molecule has 0 radical (unpaired) electrons. The summed E-state index contributed by atoms with van der Waals surface area (Å²) in [4.78, 5) is 12.5. The number of H-pyrrole nitrogens is 1. The molecule has 136 valence electrons. The molecule has 26 heavy (non-hydrogen) atoms. The molecule has 1 saturated heterocycles. The van der Waals surface area contributed by atoms with Gasteiger partial charge in [-0.25, -0.2) is 13.1 Å². The average Bonchev–Trinajstić information content (AvgIpc) is 3.25. The van der Waals surface area contributed by atoms with Gasteiger partial charge < -0.3 is 5.32 Å². The fourth-order valence-corrected chi connectivity index (χ4v) is 5.05. The number of para-hydroxylation sites is 1. The number of sulfone groups is 1. The molecule has 1 fully saturated rings. The second-order valence-corrected chi connectivity index (χ2v) is 8.85. The van der Waals surface area contributed by atoms with E-state index in [1.807, 2.05) is 31.2 Å². The summed E-state index contributed by atoms with van der Waals surface area (Å²) in [5, 5.41) is 15.2. The lowest BCUT2D eigenvalue weighted by molar-refractivity contribution is -0.115. The van der Waals surface area contributed by atoms with E-state index in [4.69, 9.17) is 0 Å². The zero-order valence-corrected chi connectivity index (χ0v) is 15.1. The predicted octanol–water partition coefficient (Wildman–Crippen LogP) is 1.61. The molecule has 2 N–H and O–H groups in total. The predicted molar refractivity (Wildman–Crippen MR) is 97.7 cm³/mol. The quantitative estimate of drug-likeness (QED) is 0.722. The third-order valence-electron chi connectivity index (χ3n) is 4.56. The Hall–Kier alpha value is -2.68. The number of rotatable bonds is 4. The third-order valence-corrected chi connectivity index (χ3v) is 6.31. The lowest BCUT2D eigenvalue weighted by atomic mass is 10.1. The van der Waals surface area contributed by atoms with Crippen molar-refractivity contribution in [3.63, 3.8) is 0 Å². The standard InChI is InChI=1S/C17H19N5O3S/c1-11-8-16(22(21-11)12-6-7-26(24,25)10-12)18-17(23)9-15-13-4-2-3-5-14(13)19-20-15/h2-5,8,12H,6-7,9-10H2,1H3,(H,18,23)(H,19,20). The number of hydrogen-bond donors (Lipinski definition) is 2. The maximum Gasteiger partial charge on any atom is 0.231 e. The highest BCUT2D eigenvalue weighted by molar-refractivity contribution is 7.91. The number of anilines is 1. The highest BCUT2D eigenvalue weighted by atomic mass is 32.2. The van der Waals surface area contributed by atoms with E-state index in [-0.39, 0.29) is 29.9 Å². The fraction of sp³-hybridized carbons (Fsp3) is 0.353. The Kier molecular flexibility index (Phi) is 4.03. The van der Waals surface area contributed by atoms with Gasteiger partial charge in [0.1, 0.15) is 5.82 Å². The second kappa shape index (κ2) is 6.24. The largest absolute Gasteiger partial charge is 0.311 e. The molecule has 0 bridgehead atoms. The van der Waals surface area contributed by atoms with Gasteiger partial charge in [0.05, 0.1) is 40.9 Å². The molecule has 1 aliphatic rings. The number of fused-ring (bicyclic) bond motifs is 1. The summed E-state index contributed by atoms with van der Waals surface area (Å²) in [5.74, 6) is 0.534. The van der Waals surface area contributed by atoms with Crippen molar-refractivity contribution >= 4 is 32.5 Å². The Morgan fingerprint density at radius 2 is 2.19 bits per heavy atom. The Balaban J connectivity index is 1.53. The SMILES string of the molecule is Cc1cc(NC(=O)Cc2[nH]nc3ccccc23)n(C2CCS(=O)(=O)C2)n1. The number of aromatic amines is 1. The molecule has 1 aromatic carbocycles. The summed E-state index contributed by atoms with van der Waals surface area (Å²) in [6, 6.07) is 9.11. The average molecular weight is 373 g/mol. The van der Waals surface area contributed by atoms with Crippen molar-refractivity contribution in [1.29, 1.82) is 0 Å². The van der Waals surface area contributed by atoms with Crippen molar-refractivity contribution in [3.8, 4) is 0 Å². The first-order chi connectivity index (χ1) is 12.4. The molecule has 1 aliphatic heterocycles. The number of carbonyl (C=O) groups is 1. The van der Waals surface area contributed by atoms with E-state index in [0.717, 1.165) is 22.3 Å². The number of nitrogens with zero attached hydrogens (tertiary/aromatic N) is 3. The van der Waals surface area contributed by atoms with Crippen molar-refractivity contribution < 1.29 is 13.2 Å². The summed E-state index contributed by atoms with van der Waals surface area (Å²) < 4.78 is 25.1. The van der Waals surface area contributed by atoms with Crippen LogP contribution >= 0.6 is 0 Å². The van der Waals surface area contributed by atoms with Gasteiger partial charge in [0, 0.05) is 11.5 Å². The monoisotopic (exact) mass is 373 g/mol. The van der Waals surface area contributed by atoms with E-state index in [0.29, 0.717) is 12.2 Å². The Morgan fingerprint density at radius 1 is 1.38 bits per heavy atom. The molecule has 2 aromatic heterocycles. The minimum absolute atomic E-state index is 0.0577. The van der Waals surface area contributed by atoms with Crippen molar-refractivity contribution in [1.82, 2.24) is 20.0 Å². The molecule has 0 saturated carbocycles. The van der Waals surface area contributed by atoms with Crippen LogP contribution in [0, 0.1) is 6.92 Å². The van der Waals surface area contributed by atoms with Crippen molar-refractivity contribution in [2.75, 3.05) is 16.8 Å². The zero-order valence-electron chi connectivity index (χ0n) is 14.3. The van der Waals surface area contributed by atoms with Gasteiger partial charge in [-0.1, -0.05) is 18.2 Å². The van der Waals surface area contributed by atoms with Crippen molar-refractivity contribution in [2.24, 2.45) is 0 Å². The molecule has 1 unspecified atom stereocenters. The van der Waals surface area contributed by atoms with Gasteiger partial charge in [-0.2, -0.15) is 10.2 Å². The summed E-state index contributed by atoms with van der Waals surface area (Å²) in [7, 11) is -3.03. The number of amides is 1. The molecule has 3 aromatic rings. The maximum atomic E-state index is 12.5. The number of aromatic nitrogens is 4. The lowest BCUT2D eigenvalue weighted by Gasteiger charge is -2.13. The first-order valence-electron chi connectivity index (χ1n) is 8.40. The molecule has 4 rings (SSSR count). The van der Waals surface area contributed by atoms with Crippen LogP contribution in [-0.2, 0) is 21.1 Å². The van der Waals surface area contributed by atoms with Crippen molar-refractivity contribution in [3.05, 3.63) is 41.7 Å². The van der Waals surface area contributed by atoms with E-state index in [2.05, 4.69) is 20.6 Å². The smallest absolute Gasteiger partial charge is 0.231 e. The van der Waals surface area contributed by atoms with Gasteiger partial charge in [-0.05, 0) is 19.4 Å². The van der Waals surface area contributed by atoms with E-state index in [1.54, 1.807) is 10.7 Å². The second-order valence-electron chi connectivity index (χ2n) is 6.62. The normalized spacial score (nSPS) is 19.0. The van der Waals surface area contributed by atoms with Crippen molar-refractivity contribution in [2.45, 2.75) is 25.8 Å². The van der Waals surface area contributed by atoms with E-state index < -0.39 is 9.84 Å². The number of hydrogen-bond acceptors (Lipinski definition) is 5. The lowest BCUT2D eigenvalue weighted by Crippen LogP contribution is -2.21. The van der Waals surface area contributed by atoms with E-state index in [9.17, 15) is 13.2 Å². The molecule has 0 spiro atoms. The Morgan fingerprint density at radius 3 is 2.96 bits per heavy atom. The fourth-order valence-electron chi connectivity index (χ4n) is 3.35. The van der Waals surface area contributed by atoms with Gasteiger partial charge in [0.2, 0.25) is 5.91 Å². The molecular weight excluding hydrogens is 354 g/mol. The van der Waals surface area contributed by atoms with Crippen LogP contribution in [0.4, 0.5) is 5.82 Å². The molecule has 1 amide bonds. The van der Waals surface area contributed by atoms with Gasteiger partial charge in [0.25, 0.3) is 0 Å². The van der Waals surface area contributed by atoms with Gasteiger partial charge in [0.15, 0.2) is 9.84 Å². The highest BCUT2D eigenvalue weighted by Crippen LogP contribution is 2.27. The van der Waals surface area contributed by atoms with Crippen LogP contribution in [0.15, 0.2) is 30.3 Å². The first kappa shape index (κ1) is 16.8. The molecular formula is C17H19N5O3S. The van der Waals surface area contributed by atoms with Gasteiger partial charge in [-0.15, -0.1) is 0 Å². The van der Waals surface area contributed by atoms with Gasteiger partial charge >= 0.3 is 0 Å². The number of carbonyl (C=O) groups excluding carboxylic acids is 1. The van der Waals surface area contributed by atoms with E-state index in [1.165, 1.54) is 0 Å². The van der Waals surface area contributed by atoms with Crippen LogP contribution in [-0.4, -0.2) is 45.8 Å². The van der Waals surface area contributed by atoms with Crippen LogP contribution in [0.2, 0.25) is 0 Å². The minimum Gasteiger partial charge on any atom is -0.311 e. The van der Waals surface area contributed by atoms with E-state index >= 15 is 0 Å². The number of nitrogens with one attached hydrogen (secondary N) is 2.